The molecule has 0 aromatic heterocycles. The minimum absolute atomic E-state index is 0. The zero-order chi connectivity index (χ0) is 48.2. The Labute approximate surface area is 391 Å². The fourth-order valence-electron chi connectivity index (χ4n) is 5.26. The van der Waals surface area contributed by atoms with Gasteiger partial charge >= 0.3 is 24.1 Å². The first-order valence-electron chi connectivity index (χ1n) is 21.3. The van der Waals surface area contributed by atoms with Crippen LogP contribution in [0.5, 0.6) is 0 Å². The zero-order valence-electron chi connectivity index (χ0n) is 38.1. The van der Waals surface area contributed by atoms with Crippen LogP contribution >= 0.6 is 15.9 Å². The molecule has 7 N–H and O–H groups in total. The summed E-state index contributed by atoms with van der Waals surface area (Å²) in [6, 6.07) is 17.5. The first-order chi connectivity index (χ1) is 30.3. The highest BCUT2D eigenvalue weighted by Gasteiger charge is 2.19. The molecule has 0 radical (unpaired) electrons. The second kappa shape index (κ2) is 32.4. The summed E-state index contributed by atoms with van der Waals surface area (Å²) in [5, 5.41) is 20.1. The molecule has 3 aromatic carbocycles. The van der Waals surface area contributed by atoms with E-state index in [1.165, 1.54) is 22.2 Å². The third-order valence-electron chi connectivity index (χ3n) is 8.33. The SMILES string of the molecule is C.CCCC(=O)N(CC(C)C)NC(=O)Nc1ccc(C)cc1.CCCC(=O)N(CCC)NC(=O)Nc1ccc(Br)cc1F.CCCN(NC(=O)Nc1ccc(C)cc1)C(=O)CCC(=O)O. The van der Waals surface area contributed by atoms with Crippen molar-refractivity contribution in [2.75, 3.05) is 35.6 Å². The van der Waals surface area contributed by atoms with Crippen molar-refractivity contribution in [2.24, 2.45) is 5.92 Å². The summed E-state index contributed by atoms with van der Waals surface area (Å²) in [7, 11) is 0. The van der Waals surface area contributed by atoms with Crippen LogP contribution in [-0.2, 0) is 19.2 Å². The van der Waals surface area contributed by atoms with E-state index in [0.717, 1.165) is 22.6 Å². The number of nitrogens with one attached hydrogen (secondary N) is 6. The number of hydrogen-bond acceptors (Lipinski definition) is 7. The van der Waals surface area contributed by atoms with Crippen LogP contribution in [0.3, 0.4) is 0 Å². The molecule has 0 aliphatic rings. The average Bonchev–Trinajstić information content (AvgIpc) is 3.22. The van der Waals surface area contributed by atoms with Crippen molar-refractivity contribution in [3.63, 3.8) is 0 Å². The number of urea groups is 3. The topological polar surface area (TPSA) is 222 Å². The average molecular weight is 975 g/mol. The van der Waals surface area contributed by atoms with Crippen molar-refractivity contribution in [1.82, 2.24) is 31.3 Å². The largest absolute Gasteiger partial charge is 0.481 e. The summed E-state index contributed by atoms with van der Waals surface area (Å²) in [6.07, 6.45) is 3.18. The maximum Gasteiger partial charge on any atom is 0.338 e. The molecule has 17 nitrogen and oxygen atoms in total. The number of aryl methyl sites for hydroxylation is 2. The molecule has 0 heterocycles. The number of benzene rings is 3. The molecule has 3 aromatic rings. The molecule has 19 heteroatoms. The summed E-state index contributed by atoms with van der Waals surface area (Å²) in [5.41, 5.74) is 11.1. The summed E-state index contributed by atoms with van der Waals surface area (Å²) in [4.78, 5) is 81.9. The number of aliphatic carboxylic acids is 1. The number of anilines is 3. The Kier molecular flexibility index (Phi) is 29.3. The fraction of sp³-hybridized carbons (Fsp3) is 0.457. The highest BCUT2D eigenvalue weighted by atomic mass is 79.9. The smallest absolute Gasteiger partial charge is 0.338 e. The van der Waals surface area contributed by atoms with E-state index in [1.807, 2.05) is 91.8 Å². The van der Waals surface area contributed by atoms with Gasteiger partial charge in [0.15, 0.2) is 0 Å². The number of amides is 9. The van der Waals surface area contributed by atoms with E-state index < -0.39 is 35.8 Å². The fourth-order valence-corrected chi connectivity index (χ4v) is 5.59. The number of carboxylic acids is 1. The lowest BCUT2D eigenvalue weighted by molar-refractivity contribution is -0.141. The number of carbonyl (C=O) groups excluding carboxylic acids is 6. The van der Waals surface area contributed by atoms with Crippen LogP contribution in [0.4, 0.5) is 35.8 Å². The van der Waals surface area contributed by atoms with Gasteiger partial charge in [0.2, 0.25) is 17.7 Å². The lowest BCUT2D eigenvalue weighted by atomic mass is 10.2. The maximum absolute atomic E-state index is 13.6. The molecule has 0 bridgehead atoms. The first kappa shape index (κ1) is 58.8. The molecule has 65 heavy (non-hydrogen) atoms. The normalized spacial score (nSPS) is 9.95. The van der Waals surface area contributed by atoms with Gasteiger partial charge in [-0.25, -0.2) is 35.1 Å². The van der Waals surface area contributed by atoms with Crippen molar-refractivity contribution < 1.29 is 43.1 Å². The summed E-state index contributed by atoms with van der Waals surface area (Å²) < 4.78 is 14.2. The van der Waals surface area contributed by atoms with Gasteiger partial charge in [-0.15, -0.1) is 0 Å². The molecule has 9 amide bonds. The highest BCUT2D eigenvalue weighted by molar-refractivity contribution is 9.10. The molecule has 0 aliphatic heterocycles. The molecular weight excluding hydrogens is 905 g/mol. The predicted molar refractivity (Wildman–Crippen MR) is 257 cm³/mol. The van der Waals surface area contributed by atoms with Crippen molar-refractivity contribution in [2.45, 2.75) is 114 Å². The van der Waals surface area contributed by atoms with Gasteiger partial charge in [0.25, 0.3) is 0 Å². The van der Waals surface area contributed by atoms with Crippen molar-refractivity contribution >= 4 is 74.8 Å². The van der Waals surface area contributed by atoms with E-state index in [1.54, 1.807) is 18.2 Å². The van der Waals surface area contributed by atoms with E-state index >= 15 is 0 Å². The van der Waals surface area contributed by atoms with Crippen molar-refractivity contribution in [3.8, 4) is 0 Å². The Hall–Kier alpha value is -6.24. The van der Waals surface area contributed by atoms with E-state index in [0.29, 0.717) is 67.6 Å². The Bertz CT molecular complexity index is 1950. The van der Waals surface area contributed by atoms with Crippen LogP contribution in [0.1, 0.15) is 111 Å². The molecule has 3 rings (SSSR count). The van der Waals surface area contributed by atoms with Gasteiger partial charge in [-0.1, -0.05) is 100 Å². The lowest BCUT2D eigenvalue weighted by Gasteiger charge is -2.25. The third-order valence-corrected chi connectivity index (χ3v) is 8.83. The van der Waals surface area contributed by atoms with Gasteiger partial charge in [-0.05, 0) is 87.9 Å². The van der Waals surface area contributed by atoms with Crippen LogP contribution in [0.15, 0.2) is 71.2 Å². The van der Waals surface area contributed by atoms with Crippen LogP contribution in [-0.4, -0.2) is 81.6 Å². The monoisotopic (exact) mass is 973 g/mol. The number of carbonyl (C=O) groups is 7. The van der Waals surface area contributed by atoms with Gasteiger partial charge in [0, 0.05) is 54.7 Å². The second-order valence-corrected chi connectivity index (χ2v) is 15.9. The summed E-state index contributed by atoms with van der Waals surface area (Å²) in [6.45, 7) is 16.8. The lowest BCUT2D eigenvalue weighted by Crippen LogP contribution is -2.49. The molecule has 360 valence electrons. The van der Waals surface area contributed by atoms with Gasteiger partial charge in [-0.2, -0.15) is 0 Å². The number of halogens is 2. The predicted octanol–water partition coefficient (Wildman–Crippen LogP) is 9.75. The number of carboxylic acid groups (broad SMARTS) is 1. The maximum atomic E-state index is 13.6. The van der Waals surface area contributed by atoms with Crippen LogP contribution in [0.25, 0.3) is 0 Å². The molecule has 0 fully saturated rings. The van der Waals surface area contributed by atoms with Gasteiger partial charge < -0.3 is 21.1 Å². The van der Waals surface area contributed by atoms with E-state index in [2.05, 4.69) is 48.2 Å². The molecular formula is C46H69BrFN9O8. The van der Waals surface area contributed by atoms with Crippen LogP contribution < -0.4 is 32.2 Å². The minimum atomic E-state index is -1.05. The number of nitrogens with zero attached hydrogens (tertiary/aromatic N) is 3. The summed E-state index contributed by atoms with van der Waals surface area (Å²) >= 11 is 3.14. The number of rotatable bonds is 16. The molecule has 0 spiro atoms. The standard InChI is InChI=1S/C16H25N3O2.C15H21N3O4.C14H19BrFN3O2.CH4/c1-5-6-15(20)19(11-12(2)3)18-16(21)17-14-9-7-13(4)8-10-14;1-3-10-18(13(19)8-9-14(20)21)17-15(22)16-12-6-4-11(2)5-7-12;1-3-5-13(20)19(8-4-2)18-14(21)17-12-7-6-10(15)9-11(12)16;/h7-10,12H,5-6,11H2,1-4H3,(H2,17,18,21);4-7H,3,8-10H2,1-2H3,(H,20,21)(H2,16,17,22);6-7,9H,3-5,8H2,1-2H3,(H2,17,18,21);1H4. The molecule has 0 aliphatic carbocycles. The van der Waals surface area contributed by atoms with Gasteiger partial charge in [0.05, 0.1) is 12.1 Å². The Morgan fingerprint density at radius 1 is 0.585 bits per heavy atom. The molecule has 0 saturated heterocycles. The summed E-state index contributed by atoms with van der Waals surface area (Å²) in [5.74, 6) is -1.97. The van der Waals surface area contributed by atoms with Crippen molar-refractivity contribution in [3.05, 3.63) is 88.1 Å². The van der Waals surface area contributed by atoms with Crippen LogP contribution in [0.2, 0.25) is 0 Å². The van der Waals surface area contributed by atoms with E-state index in [4.69, 9.17) is 5.11 Å². The highest BCUT2D eigenvalue weighted by Crippen LogP contribution is 2.19. The molecule has 0 unspecified atom stereocenters. The van der Waals surface area contributed by atoms with Gasteiger partial charge in [-0.3, -0.25) is 34.2 Å². The number of hydrogen-bond donors (Lipinski definition) is 7. The Balaban J connectivity index is 0.000000938. The zero-order valence-corrected chi connectivity index (χ0v) is 39.7. The first-order valence-corrected chi connectivity index (χ1v) is 22.1. The van der Waals surface area contributed by atoms with Gasteiger partial charge in [0.1, 0.15) is 5.82 Å². The Morgan fingerprint density at radius 3 is 1.37 bits per heavy atom. The minimum Gasteiger partial charge on any atom is -0.481 e. The third kappa shape index (κ3) is 25.6. The molecule has 0 saturated carbocycles. The number of hydrazine groups is 3. The van der Waals surface area contributed by atoms with Crippen molar-refractivity contribution in [1.29, 1.82) is 0 Å². The van der Waals surface area contributed by atoms with E-state index in [-0.39, 0.29) is 43.7 Å². The Morgan fingerprint density at radius 2 is 0.985 bits per heavy atom. The van der Waals surface area contributed by atoms with Crippen LogP contribution in [0, 0.1) is 25.6 Å². The quantitative estimate of drug-likeness (QED) is 0.0683. The second-order valence-electron chi connectivity index (χ2n) is 14.9. The molecule has 0 atom stereocenters. The van der Waals surface area contributed by atoms with E-state index in [9.17, 15) is 38.0 Å².